The smallest absolute Gasteiger partial charge is 0.338 e. The molecule has 1 aromatic carbocycles. The molecule has 0 saturated heterocycles. The molecule has 1 fully saturated rings. The zero-order valence-electron chi connectivity index (χ0n) is 10.7. The topological polar surface area (TPSA) is 66.0 Å². The van der Waals surface area contributed by atoms with E-state index in [2.05, 4.69) is 32.8 Å². The number of aromatic amines is 1. The van der Waals surface area contributed by atoms with Crippen LogP contribution < -0.4 is 0 Å². The van der Waals surface area contributed by atoms with Gasteiger partial charge in [-0.1, -0.05) is 35.7 Å². The highest BCUT2D eigenvalue weighted by Gasteiger charge is 2.34. The number of halogens is 1. The minimum absolute atomic E-state index is 0.0568. The van der Waals surface area contributed by atoms with Gasteiger partial charge in [0, 0.05) is 9.89 Å². The molecule has 2 aromatic rings. The van der Waals surface area contributed by atoms with E-state index in [1.54, 1.807) is 6.07 Å². The number of aromatic nitrogens is 2. The Morgan fingerprint density at radius 3 is 2.74 bits per heavy atom. The number of benzene rings is 1. The normalized spacial score (nSPS) is 18.0. The highest BCUT2D eigenvalue weighted by molar-refractivity contribution is 9.10. The predicted octanol–water partition coefficient (Wildman–Crippen LogP) is 3.86. The fraction of sp³-hybridized carbons (Fsp3) is 0.429. The first-order valence-corrected chi connectivity index (χ1v) is 7.22. The van der Waals surface area contributed by atoms with Gasteiger partial charge in [0.25, 0.3) is 0 Å². The number of imidazole rings is 1. The third kappa shape index (κ3) is 2.06. The molecule has 1 aromatic heterocycles. The summed E-state index contributed by atoms with van der Waals surface area (Å²) in [6.07, 6.45) is 4.64. The predicted molar refractivity (Wildman–Crippen MR) is 76.6 cm³/mol. The minimum Gasteiger partial charge on any atom is -0.478 e. The second-order valence-corrected chi connectivity index (χ2v) is 6.42. The number of nitrogens with one attached hydrogen (secondary N) is 1. The van der Waals surface area contributed by atoms with Gasteiger partial charge in [-0.2, -0.15) is 0 Å². The van der Waals surface area contributed by atoms with Crippen molar-refractivity contribution >= 4 is 32.9 Å². The maximum atomic E-state index is 11.3. The SMILES string of the molecule is CC1(c2nc3c(C(=O)O)cc(Br)cc3[nH]2)CCCC1. The Hall–Kier alpha value is -1.36. The number of nitrogens with zero attached hydrogens (tertiary/aromatic N) is 1. The molecule has 1 aliphatic rings. The van der Waals surface area contributed by atoms with Crippen LogP contribution in [0.2, 0.25) is 0 Å². The molecule has 2 N–H and O–H groups in total. The quantitative estimate of drug-likeness (QED) is 0.882. The van der Waals surface area contributed by atoms with E-state index in [-0.39, 0.29) is 11.0 Å². The van der Waals surface area contributed by atoms with Crippen molar-refractivity contribution in [3.05, 3.63) is 28.0 Å². The van der Waals surface area contributed by atoms with Crippen LogP contribution in [0.5, 0.6) is 0 Å². The van der Waals surface area contributed by atoms with Gasteiger partial charge >= 0.3 is 5.97 Å². The number of carboxylic acid groups (broad SMARTS) is 1. The van der Waals surface area contributed by atoms with E-state index in [1.165, 1.54) is 12.8 Å². The van der Waals surface area contributed by atoms with Crippen molar-refractivity contribution in [3.63, 3.8) is 0 Å². The Bertz CT molecular complexity index is 657. The van der Waals surface area contributed by atoms with Crippen molar-refractivity contribution < 1.29 is 9.90 Å². The molecule has 1 heterocycles. The van der Waals surface area contributed by atoms with Gasteiger partial charge in [0.2, 0.25) is 0 Å². The summed E-state index contributed by atoms with van der Waals surface area (Å²) < 4.78 is 0.754. The van der Waals surface area contributed by atoms with Gasteiger partial charge in [-0.3, -0.25) is 0 Å². The first-order chi connectivity index (χ1) is 8.99. The Morgan fingerprint density at radius 1 is 1.42 bits per heavy atom. The first kappa shape index (κ1) is 12.7. The molecule has 0 atom stereocenters. The maximum Gasteiger partial charge on any atom is 0.338 e. The summed E-state index contributed by atoms with van der Waals surface area (Å²) in [5, 5.41) is 9.27. The summed E-state index contributed by atoms with van der Waals surface area (Å²) in [6, 6.07) is 3.49. The Kier molecular flexibility index (Phi) is 2.89. The van der Waals surface area contributed by atoms with E-state index in [0.717, 1.165) is 28.7 Å². The van der Waals surface area contributed by atoms with E-state index in [0.29, 0.717) is 5.52 Å². The molecule has 19 heavy (non-hydrogen) atoms. The van der Waals surface area contributed by atoms with Crippen molar-refractivity contribution in [3.8, 4) is 0 Å². The average Bonchev–Trinajstić information content (AvgIpc) is 2.94. The Morgan fingerprint density at radius 2 is 2.11 bits per heavy atom. The summed E-state index contributed by atoms with van der Waals surface area (Å²) in [5.41, 5.74) is 1.64. The summed E-state index contributed by atoms with van der Waals surface area (Å²) in [6.45, 7) is 2.20. The lowest BCUT2D eigenvalue weighted by Gasteiger charge is -2.19. The first-order valence-electron chi connectivity index (χ1n) is 6.43. The van der Waals surface area contributed by atoms with E-state index >= 15 is 0 Å². The molecule has 100 valence electrons. The lowest BCUT2D eigenvalue weighted by atomic mass is 9.88. The van der Waals surface area contributed by atoms with Crippen LogP contribution in [0.15, 0.2) is 16.6 Å². The maximum absolute atomic E-state index is 11.3. The summed E-state index contributed by atoms with van der Waals surface area (Å²) >= 11 is 3.35. The molecule has 0 radical (unpaired) electrons. The van der Waals surface area contributed by atoms with Gasteiger partial charge in [0.15, 0.2) is 0 Å². The molecular formula is C14H15BrN2O2. The van der Waals surface area contributed by atoms with E-state index in [9.17, 15) is 9.90 Å². The number of carbonyl (C=O) groups is 1. The van der Waals surface area contributed by atoms with Crippen LogP contribution in [0.25, 0.3) is 11.0 Å². The number of rotatable bonds is 2. The number of aromatic carboxylic acids is 1. The molecular weight excluding hydrogens is 308 g/mol. The molecule has 1 saturated carbocycles. The summed E-state index contributed by atoms with van der Waals surface area (Å²) in [7, 11) is 0. The number of fused-ring (bicyclic) bond motifs is 1. The Labute approximate surface area is 119 Å². The van der Waals surface area contributed by atoms with Crippen LogP contribution in [0.4, 0.5) is 0 Å². The second kappa shape index (κ2) is 4.34. The van der Waals surface area contributed by atoms with Crippen molar-refractivity contribution in [2.75, 3.05) is 0 Å². The molecule has 0 unspecified atom stereocenters. The lowest BCUT2D eigenvalue weighted by molar-refractivity contribution is 0.0698. The highest BCUT2D eigenvalue weighted by Crippen LogP contribution is 2.40. The van der Waals surface area contributed by atoms with Gasteiger partial charge in [-0.15, -0.1) is 0 Å². The largest absolute Gasteiger partial charge is 0.478 e. The fourth-order valence-electron chi connectivity index (χ4n) is 2.92. The van der Waals surface area contributed by atoms with Gasteiger partial charge in [0.05, 0.1) is 11.1 Å². The van der Waals surface area contributed by atoms with Crippen molar-refractivity contribution in [2.24, 2.45) is 0 Å². The van der Waals surface area contributed by atoms with Crippen LogP contribution in [0.3, 0.4) is 0 Å². The van der Waals surface area contributed by atoms with Gasteiger partial charge in [-0.05, 0) is 25.0 Å². The Balaban J connectivity index is 2.20. The van der Waals surface area contributed by atoms with Gasteiger partial charge < -0.3 is 10.1 Å². The number of H-pyrrole nitrogens is 1. The molecule has 1 aliphatic carbocycles. The second-order valence-electron chi connectivity index (χ2n) is 5.51. The molecule has 4 nitrogen and oxygen atoms in total. The average molecular weight is 323 g/mol. The lowest BCUT2D eigenvalue weighted by Crippen LogP contribution is -2.18. The zero-order chi connectivity index (χ0) is 13.6. The third-order valence-electron chi connectivity index (χ3n) is 4.06. The van der Waals surface area contributed by atoms with Crippen molar-refractivity contribution in [1.82, 2.24) is 9.97 Å². The van der Waals surface area contributed by atoms with Crippen molar-refractivity contribution in [1.29, 1.82) is 0 Å². The third-order valence-corrected chi connectivity index (χ3v) is 4.52. The van der Waals surface area contributed by atoms with E-state index in [1.807, 2.05) is 6.07 Å². The zero-order valence-corrected chi connectivity index (χ0v) is 12.2. The van der Waals surface area contributed by atoms with Gasteiger partial charge in [0.1, 0.15) is 11.3 Å². The van der Waals surface area contributed by atoms with E-state index in [4.69, 9.17) is 0 Å². The summed E-state index contributed by atoms with van der Waals surface area (Å²) in [5.74, 6) is -0.0264. The molecule has 0 bridgehead atoms. The van der Waals surface area contributed by atoms with Crippen molar-refractivity contribution in [2.45, 2.75) is 38.0 Å². The molecule has 0 spiro atoms. The summed E-state index contributed by atoms with van der Waals surface area (Å²) in [4.78, 5) is 19.2. The fourth-order valence-corrected chi connectivity index (χ4v) is 3.38. The molecule has 3 rings (SSSR count). The van der Waals surface area contributed by atoms with Crippen LogP contribution in [0.1, 0.15) is 48.8 Å². The number of hydrogen-bond donors (Lipinski definition) is 2. The number of carboxylic acids is 1. The van der Waals surface area contributed by atoms with E-state index < -0.39 is 5.97 Å². The van der Waals surface area contributed by atoms with Gasteiger partial charge in [-0.25, -0.2) is 9.78 Å². The standard InChI is InChI=1S/C14H15BrN2O2/c1-14(4-2-3-5-14)13-16-10-7-8(15)6-9(12(18)19)11(10)17-13/h6-7H,2-5H2,1H3,(H,16,17)(H,18,19). The number of hydrogen-bond acceptors (Lipinski definition) is 2. The van der Waals surface area contributed by atoms with Crippen LogP contribution in [0, 0.1) is 0 Å². The molecule has 0 amide bonds. The van der Waals surface area contributed by atoms with Crippen LogP contribution >= 0.6 is 15.9 Å². The monoisotopic (exact) mass is 322 g/mol. The molecule has 5 heteroatoms. The minimum atomic E-state index is -0.944. The highest BCUT2D eigenvalue weighted by atomic mass is 79.9. The van der Waals surface area contributed by atoms with Crippen LogP contribution in [-0.4, -0.2) is 21.0 Å². The van der Waals surface area contributed by atoms with Crippen LogP contribution in [-0.2, 0) is 5.41 Å². The molecule has 0 aliphatic heterocycles.